The van der Waals surface area contributed by atoms with E-state index in [1.54, 1.807) is 6.54 Å². The lowest BCUT2D eigenvalue weighted by Gasteiger charge is -1.80. The molecule has 0 aromatic heterocycles. The largest absolute Gasteiger partial charge is 0.304 e. The molecular formula is C5H5N2. The molecule has 0 aromatic rings. The van der Waals surface area contributed by atoms with Crippen LogP contribution in [0, 0.1) is 17.9 Å². The molecule has 1 heterocycles. The lowest BCUT2D eigenvalue weighted by Crippen LogP contribution is -2.00. The summed E-state index contributed by atoms with van der Waals surface area (Å²) in [6.45, 7) is 2.52. The number of nitriles is 1. The van der Waals surface area contributed by atoms with Gasteiger partial charge >= 0.3 is 0 Å². The Morgan fingerprint density at radius 2 is 2.71 bits per heavy atom. The molecular weight excluding hydrogens is 88.1 g/mol. The van der Waals surface area contributed by atoms with Gasteiger partial charge in [-0.25, -0.2) is 0 Å². The summed E-state index contributed by atoms with van der Waals surface area (Å²) in [7, 11) is 0. The molecule has 0 saturated carbocycles. The van der Waals surface area contributed by atoms with E-state index in [0.29, 0.717) is 0 Å². The first-order valence-corrected chi connectivity index (χ1v) is 2.10. The molecule has 1 aliphatic rings. The van der Waals surface area contributed by atoms with Crippen LogP contribution in [-0.4, -0.2) is 6.54 Å². The lowest BCUT2D eigenvalue weighted by atomic mass is 10.3. The quantitative estimate of drug-likeness (QED) is 0.464. The third-order valence-corrected chi connectivity index (χ3v) is 0.826. The van der Waals surface area contributed by atoms with Crippen LogP contribution in [0.5, 0.6) is 0 Å². The Morgan fingerprint density at radius 3 is 3.00 bits per heavy atom. The molecule has 0 unspecified atom stereocenters. The van der Waals surface area contributed by atoms with Crippen LogP contribution < -0.4 is 5.32 Å². The van der Waals surface area contributed by atoms with Crippen molar-refractivity contribution in [3.05, 3.63) is 18.2 Å². The van der Waals surface area contributed by atoms with Crippen LogP contribution in [0.4, 0.5) is 0 Å². The first-order valence-electron chi connectivity index (χ1n) is 2.10. The van der Waals surface area contributed by atoms with E-state index < -0.39 is 0 Å². The summed E-state index contributed by atoms with van der Waals surface area (Å²) in [6.07, 6.45) is 1.85. The fourth-order valence-electron chi connectivity index (χ4n) is 0.475. The third-order valence-electron chi connectivity index (χ3n) is 0.826. The topological polar surface area (TPSA) is 35.8 Å². The van der Waals surface area contributed by atoms with E-state index in [9.17, 15) is 0 Å². The van der Waals surface area contributed by atoms with Crippen LogP contribution in [0.3, 0.4) is 0 Å². The summed E-state index contributed by atoms with van der Waals surface area (Å²) >= 11 is 0. The number of hydrogen-bond donors (Lipinski definition) is 1. The fourth-order valence-corrected chi connectivity index (χ4v) is 0.475. The van der Waals surface area contributed by atoms with E-state index in [0.717, 1.165) is 12.1 Å². The van der Waals surface area contributed by atoms with Gasteiger partial charge in [-0.15, -0.1) is 0 Å². The average Bonchev–Trinajstić information content (AvgIpc) is 2.14. The normalized spacial score (nSPS) is 18.4. The zero-order valence-electron chi connectivity index (χ0n) is 3.81. The number of hydrogen-bond acceptors (Lipinski definition) is 2. The molecule has 1 radical (unpaired) electrons. The molecule has 2 heteroatoms. The Labute approximate surface area is 42.4 Å². The Kier molecular flexibility index (Phi) is 1.10. The summed E-state index contributed by atoms with van der Waals surface area (Å²) in [5.74, 6) is 0. The molecule has 0 bridgehead atoms. The molecule has 0 atom stereocenters. The summed E-state index contributed by atoms with van der Waals surface area (Å²) in [5.41, 5.74) is 0.736. The monoisotopic (exact) mass is 93.0 g/mol. The van der Waals surface area contributed by atoms with Gasteiger partial charge in [0.25, 0.3) is 0 Å². The zero-order valence-corrected chi connectivity index (χ0v) is 3.81. The van der Waals surface area contributed by atoms with Crippen molar-refractivity contribution in [3.8, 4) is 6.07 Å². The lowest BCUT2D eigenvalue weighted by molar-refractivity contribution is 0.973. The van der Waals surface area contributed by atoms with Gasteiger partial charge in [-0.1, -0.05) is 6.08 Å². The first-order chi connectivity index (χ1) is 3.43. The predicted molar refractivity (Wildman–Crippen MR) is 26.0 cm³/mol. The first kappa shape index (κ1) is 4.35. The second-order valence-corrected chi connectivity index (χ2v) is 1.32. The Bertz CT molecular complexity index is 130. The molecule has 35 valence electrons. The van der Waals surface area contributed by atoms with Crippen molar-refractivity contribution < 1.29 is 0 Å². The van der Waals surface area contributed by atoms with E-state index >= 15 is 0 Å². The van der Waals surface area contributed by atoms with Gasteiger partial charge < -0.3 is 5.32 Å². The van der Waals surface area contributed by atoms with Crippen molar-refractivity contribution in [2.75, 3.05) is 6.54 Å². The molecule has 0 amide bonds. The zero-order chi connectivity index (χ0) is 5.11. The Balaban J connectivity index is 2.57. The Hall–Kier alpha value is -0.810. The number of nitrogens with one attached hydrogen (secondary N) is 1. The van der Waals surface area contributed by atoms with E-state index in [1.165, 1.54) is 0 Å². The van der Waals surface area contributed by atoms with Gasteiger partial charge in [-0.2, -0.15) is 5.26 Å². The standard InChI is InChI=1S/C5H5N2/c6-3-5-1-2-7-4-5/h1,4,7H,2H2. The van der Waals surface area contributed by atoms with Crippen molar-refractivity contribution in [1.82, 2.24) is 5.32 Å². The number of nitrogens with zero attached hydrogens (tertiary/aromatic N) is 1. The molecule has 0 aromatic carbocycles. The van der Waals surface area contributed by atoms with Gasteiger partial charge in [0.2, 0.25) is 0 Å². The Morgan fingerprint density at radius 1 is 1.86 bits per heavy atom. The van der Waals surface area contributed by atoms with Crippen molar-refractivity contribution in [2.24, 2.45) is 0 Å². The molecule has 0 spiro atoms. The van der Waals surface area contributed by atoms with Crippen molar-refractivity contribution in [1.29, 1.82) is 5.26 Å². The van der Waals surface area contributed by atoms with Crippen LogP contribution in [0.1, 0.15) is 0 Å². The van der Waals surface area contributed by atoms with Gasteiger partial charge in [0, 0.05) is 12.1 Å². The van der Waals surface area contributed by atoms with Crippen LogP contribution in [0.25, 0.3) is 0 Å². The van der Waals surface area contributed by atoms with Crippen LogP contribution in [-0.2, 0) is 0 Å². The molecule has 1 rings (SSSR count). The molecule has 1 N–H and O–H groups in total. The van der Waals surface area contributed by atoms with E-state index in [2.05, 4.69) is 5.32 Å². The third kappa shape index (κ3) is 0.787. The minimum atomic E-state index is 0.736. The molecule has 1 aliphatic heterocycles. The van der Waals surface area contributed by atoms with Gasteiger partial charge in [-0.05, 0) is 0 Å². The maximum absolute atomic E-state index is 8.18. The second kappa shape index (κ2) is 1.76. The predicted octanol–water partition coefficient (Wildman–Crippen LogP) is 0.201. The molecule has 2 nitrogen and oxygen atoms in total. The number of rotatable bonds is 0. The maximum atomic E-state index is 8.18. The van der Waals surface area contributed by atoms with E-state index in [1.807, 2.05) is 12.1 Å². The summed E-state index contributed by atoms with van der Waals surface area (Å²) < 4.78 is 0. The minimum absolute atomic E-state index is 0.736. The van der Waals surface area contributed by atoms with Crippen LogP contribution in [0.15, 0.2) is 11.6 Å². The maximum Gasteiger partial charge on any atom is 0.0961 e. The molecule has 7 heavy (non-hydrogen) atoms. The van der Waals surface area contributed by atoms with Gasteiger partial charge in [0.15, 0.2) is 0 Å². The van der Waals surface area contributed by atoms with Crippen molar-refractivity contribution >= 4 is 0 Å². The smallest absolute Gasteiger partial charge is 0.0961 e. The highest BCUT2D eigenvalue weighted by atomic mass is 14.9. The van der Waals surface area contributed by atoms with E-state index in [-0.39, 0.29) is 0 Å². The van der Waals surface area contributed by atoms with E-state index in [4.69, 9.17) is 5.26 Å². The second-order valence-electron chi connectivity index (χ2n) is 1.32. The van der Waals surface area contributed by atoms with Crippen LogP contribution >= 0.6 is 0 Å². The summed E-state index contributed by atoms with van der Waals surface area (Å²) in [5, 5.41) is 11.1. The highest BCUT2D eigenvalue weighted by molar-refractivity contribution is 5.32. The van der Waals surface area contributed by atoms with Crippen molar-refractivity contribution in [2.45, 2.75) is 0 Å². The highest BCUT2D eigenvalue weighted by Crippen LogP contribution is 1.98. The highest BCUT2D eigenvalue weighted by Gasteiger charge is 1.99. The SMILES string of the molecule is N#CC1=CCN[CH]1. The average molecular weight is 93.1 g/mol. The molecule has 0 fully saturated rings. The summed E-state index contributed by atoms with van der Waals surface area (Å²) in [6, 6.07) is 2.01. The minimum Gasteiger partial charge on any atom is -0.304 e. The molecule has 0 aliphatic carbocycles. The summed E-state index contributed by atoms with van der Waals surface area (Å²) in [4.78, 5) is 0. The van der Waals surface area contributed by atoms with Gasteiger partial charge in [0.1, 0.15) is 0 Å². The van der Waals surface area contributed by atoms with Gasteiger partial charge in [-0.3, -0.25) is 0 Å². The molecule has 0 saturated heterocycles. The fraction of sp³-hybridized carbons (Fsp3) is 0.200. The van der Waals surface area contributed by atoms with Gasteiger partial charge in [0.05, 0.1) is 12.6 Å². The van der Waals surface area contributed by atoms with Crippen LogP contribution in [0.2, 0.25) is 0 Å². The van der Waals surface area contributed by atoms with Crippen molar-refractivity contribution in [3.63, 3.8) is 0 Å².